The molecule has 0 heterocycles. The molecule has 0 aliphatic carbocycles. The third-order valence-corrected chi connectivity index (χ3v) is 3.76. The van der Waals surface area contributed by atoms with Crippen LogP contribution in [0, 0.1) is 11.3 Å². The first kappa shape index (κ1) is 19.3. The average molecular weight is 349 g/mol. The molecule has 0 amide bonds. The van der Waals surface area contributed by atoms with Gasteiger partial charge in [0, 0.05) is 6.08 Å². The SMILES string of the molecule is CCCCCCOc1ccc(OC(=O)/C=C/c2ccc(C#N)cc2)cc1. The largest absolute Gasteiger partial charge is 0.494 e. The number of hydrogen-bond donors (Lipinski definition) is 0. The van der Waals surface area contributed by atoms with Gasteiger partial charge < -0.3 is 9.47 Å². The van der Waals surface area contributed by atoms with Gasteiger partial charge in [0.15, 0.2) is 0 Å². The van der Waals surface area contributed by atoms with E-state index in [2.05, 4.69) is 13.0 Å². The highest BCUT2D eigenvalue weighted by atomic mass is 16.5. The van der Waals surface area contributed by atoms with E-state index in [1.54, 1.807) is 54.6 Å². The predicted octanol–water partition coefficient (Wildman–Crippen LogP) is 5.14. The van der Waals surface area contributed by atoms with Crippen LogP contribution in [0.5, 0.6) is 11.5 Å². The summed E-state index contributed by atoms with van der Waals surface area (Å²) in [5.74, 6) is 0.787. The molecule has 134 valence electrons. The van der Waals surface area contributed by atoms with Crippen molar-refractivity contribution < 1.29 is 14.3 Å². The molecule has 26 heavy (non-hydrogen) atoms. The van der Waals surface area contributed by atoms with Gasteiger partial charge >= 0.3 is 5.97 Å². The molecule has 4 nitrogen and oxygen atoms in total. The Bertz CT molecular complexity index is 755. The zero-order valence-corrected chi connectivity index (χ0v) is 15.0. The molecule has 0 radical (unpaired) electrons. The number of rotatable bonds is 9. The van der Waals surface area contributed by atoms with E-state index in [9.17, 15) is 4.79 Å². The molecule has 0 unspecified atom stereocenters. The standard InChI is InChI=1S/C22H23NO3/c1-2-3-4-5-16-25-20-11-13-21(14-12-20)26-22(24)15-10-18-6-8-19(17-23)9-7-18/h6-15H,2-5,16H2,1H3/b15-10+. The van der Waals surface area contributed by atoms with E-state index in [1.807, 2.05) is 0 Å². The molecule has 4 heteroatoms. The maximum atomic E-state index is 11.9. The zero-order chi connectivity index (χ0) is 18.6. The summed E-state index contributed by atoms with van der Waals surface area (Å²) in [6.45, 7) is 2.88. The molecule has 0 atom stereocenters. The lowest BCUT2D eigenvalue weighted by Crippen LogP contribution is -2.03. The summed E-state index contributed by atoms with van der Waals surface area (Å²) in [6, 6.07) is 16.0. The summed E-state index contributed by atoms with van der Waals surface area (Å²) in [4.78, 5) is 11.9. The summed E-state index contributed by atoms with van der Waals surface area (Å²) in [5, 5.41) is 8.76. The zero-order valence-electron chi connectivity index (χ0n) is 15.0. The Morgan fingerprint density at radius 3 is 2.35 bits per heavy atom. The number of hydrogen-bond acceptors (Lipinski definition) is 4. The molecule has 0 saturated heterocycles. The van der Waals surface area contributed by atoms with E-state index in [0.29, 0.717) is 17.9 Å². The summed E-state index contributed by atoms with van der Waals surface area (Å²) in [5.41, 5.74) is 1.41. The van der Waals surface area contributed by atoms with Crippen LogP contribution < -0.4 is 9.47 Å². The Kier molecular flexibility index (Phi) is 7.95. The average Bonchev–Trinajstić information content (AvgIpc) is 2.68. The molecule has 2 aromatic carbocycles. The Labute approximate surface area is 154 Å². The number of esters is 1. The fraction of sp³-hybridized carbons (Fsp3) is 0.273. The Morgan fingerprint density at radius 1 is 1.00 bits per heavy atom. The van der Waals surface area contributed by atoms with Crippen LogP contribution in [-0.4, -0.2) is 12.6 Å². The minimum Gasteiger partial charge on any atom is -0.494 e. The summed E-state index contributed by atoms with van der Waals surface area (Å²) in [7, 11) is 0. The topological polar surface area (TPSA) is 59.3 Å². The van der Waals surface area contributed by atoms with E-state index in [1.165, 1.54) is 25.3 Å². The Morgan fingerprint density at radius 2 is 1.69 bits per heavy atom. The number of unbranched alkanes of at least 4 members (excludes halogenated alkanes) is 3. The second-order valence-corrected chi connectivity index (χ2v) is 5.87. The number of ether oxygens (including phenoxy) is 2. The van der Waals surface area contributed by atoms with Gasteiger partial charge in [-0.25, -0.2) is 4.79 Å². The number of carbonyl (C=O) groups excluding carboxylic acids is 1. The van der Waals surface area contributed by atoms with E-state index in [-0.39, 0.29) is 0 Å². The third kappa shape index (κ3) is 6.82. The number of benzene rings is 2. The van der Waals surface area contributed by atoms with Crippen molar-refractivity contribution in [1.82, 2.24) is 0 Å². The van der Waals surface area contributed by atoms with Gasteiger partial charge in [0.1, 0.15) is 11.5 Å². The second kappa shape index (κ2) is 10.7. The normalized spacial score (nSPS) is 10.5. The van der Waals surface area contributed by atoms with Crippen molar-refractivity contribution in [1.29, 1.82) is 5.26 Å². The van der Waals surface area contributed by atoms with Crippen LogP contribution in [0.25, 0.3) is 6.08 Å². The molecule has 0 aliphatic rings. The molecule has 0 aliphatic heterocycles. The van der Waals surface area contributed by atoms with Crippen LogP contribution in [0.3, 0.4) is 0 Å². The van der Waals surface area contributed by atoms with Gasteiger partial charge in [0.05, 0.1) is 18.2 Å². The molecule has 0 bridgehead atoms. The van der Waals surface area contributed by atoms with Gasteiger partial charge in [-0.05, 0) is 54.5 Å². The fourth-order valence-corrected chi connectivity index (χ4v) is 2.31. The molecular weight excluding hydrogens is 326 g/mol. The highest BCUT2D eigenvalue weighted by Gasteiger charge is 2.02. The van der Waals surface area contributed by atoms with Crippen molar-refractivity contribution in [2.45, 2.75) is 32.6 Å². The molecule has 0 N–H and O–H groups in total. The summed E-state index contributed by atoms with van der Waals surface area (Å²) >= 11 is 0. The molecular formula is C22H23NO3. The maximum Gasteiger partial charge on any atom is 0.336 e. The molecule has 0 fully saturated rings. The highest BCUT2D eigenvalue weighted by Crippen LogP contribution is 2.18. The van der Waals surface area contributed by atoms with E-state index < -0.39 is 5.97 Å². The minimum atomic E-state index is -0.456. The monoisotopic (exact) mass is 349 g/mol. The summed E-state index contributed by atoms with van der Waals surface area (Å²) in [6.07, 6.45) is 7.67. The minimum absolute atomic E-state index is 0.456. The predicted molar refractivity (Wildman–Crippen MR) is 102 cm³/mol. The smallest absolute Gasteiger partial charge is 0.336 e. The fourth-order valence-electron chi connectivity index (χ4n) is 2.31. The lowest BCUT2D eigenvalue weighted by molar-refractivity contribution is -0.128. The highest BCUT2D eigenvalue weighted by molar-refractivity contribution is 5.88. The van der Waals surface area contributed by atoms with Crippen molar-refractivity contribution in [2.24, 2.45) is 0 Å². The van der Waals surface area contributed by atoms with E-state index in [0.717, 1.165) is 17.7 Å². The first-order valence-corrected chi connectivity index (χ1v) is 8.84. The van der Waals surface area contributed by atoms with E-state index >= 15 is 0 Å². The first-order chi connectivity index (χ1) is 12.7. The number of nitriles is 1. The van der Waals surface area contributed by atoms with Crippen LogP contribution >= 0.6 is 0 Å². The van der Waals surface area contributed by atoms with Crippen LogP contribution in [0.15, 0.2) is 54.6 Å². The van der Waals surface area contributed by atoms with Gasteiger partial charge in [0.25, 0.3) is 0 Å². The summed E-state index contributed by atoms with van der Waals surface area (Å²) < 4.78 is 10.9. The van der Waals surface area contributed by atoms with Crippen molar-refractivity contribution in [3.63, 3.8) is 0 Å². The van der Waals surface area contributed by atoms with Crippen molar-refractivity contribution >= 4 is 12.0 Å². The van der Waals surface area contributed by atoms with Gasteiger partial charge in [0.2, 0.25) is 0 Å². The molecule has 2 aromatic rings. The van der Waals surface area contributed by atoms with Crippen molar-refractivity contribution in [3.05, 3.63) is 65.7 Å². The maximum absolute atomic E-state index is 11.9. The van der Waals surface area contributed by atoms with Crippen LogP contribution in [-0.2, 0) is 4.79 Å². The van der Waals surface area contributed by atoms with Crippen LogP contribution in [0.4, 0.5) is 0 Å². The number of carbonyl (C=O) groups is 1. The molecule has 0 spiro atoms. The Hall–Kier alpha value is -3.06. The lowest BCUT2D eigenvalue weighted by Gasteiger charge is -2.07. The van der Waals surface area contributed by atoms with Gasteiger partial charge in [-0.2, -0.15) is 5.26 Å². The van der Waals surface area contributed by atoms with E-state index in [4.69, 9.17) is 14.7 Å². The second-order valence-electron chi connectivity index (χ2n) is 5.87. The van der Waals surface area contributed by atoms with Gasteiger partial charge in [-0.1, -0.05) is 38.3 Å². The first-order valence-electron chi connectivity index (χ1n) is 8.84. The van der Waals surface area contributed by atoms with Crippen LogP contribution in [0.1, 0.15) is 43.7 Å². The van der Waals surface area contributed by atoms with Gasteiger partial charge in [-0.15, -0.1) is 0 Å². The molecule has 2 rings (SSSR count). The van der Waals surface area contributed by atoms with Gasteiger partial charge in [-0.3, -0.25) is 0 Å². The third-order valence-electron chi connectivity index (χ3n) is 3.76. The lowest BCUT2D eigenvalue weighted by atomic mass is 10.1. The van der Waals surface area contributed by atoms with Crippen molar-refractivity contribution in [3.8, 4) is 17.6 Å². The number of nitrogens with zero attached hydrogens (tertiary/aromatic N) is 1. The quantitative estimate of drug-likeness (QED) is 0.272. The molecule has 0 aromatic heterocycles. The Balaban J connectivity index is 1.79. The molecule has 0 saturated carbocycles. The van der Waals surface area contributed by atoms with Crippen molar-refractivity contribution in [2.75, 3.05) is 6.61 Å². The van der Waals surface area contributed by atoms with Crippen LogP contribution in [0.2, 0.25) is 0 Å².